The number of rotatable bonds is 3. The lowest BCUT2D eigenvalue weighted by atomic mass is 10.0. The Labute approximate surface area is 129 Å². The number of benzene rings is 2. The zero-order chi connectivity index (χ0) is 14.9. The Balaban J connectivity index is 1.86. The van der Waals surface area contributed by atoms with Crippen LogP contribution in [-0.2, 0) is 19.8 Å². The molecule has 0 fully saturated rings. The first kappa shape index (κ1) is 13.2. The summed E-state index contributed by atoms with van der Waals surface area (Å²) in [6, 6.07) is 18.5. The van der Waals surface area contributed by atoms with Crippen molar-refractivity contribution in [2.24, 2.45) is 0 Å². The molecular weight excluding hydrogens is 274 g/mol. The van der Waals surface area contributed by atoms with Gasteiger partial charge in [-0.2, -0.15) is 0 Å². The average molecular weight is 291 g/mol. The molecule has 0 spiro atoms. The minimum Gasteiger partial charge on any atom is -0.488 e. The number of aromatic nitrogens is 1. The van der Waals surface area contributed by atoms with Crippen LogP contribution in [0.25, 0.3) is 11.3 Å². The molecule has 1 aromatic heterocycles. The Hall–Kier alpha value is -2.52. The third kappa shape index (κ3) is 2.11. The largest absolute Gasteiger partial charge is 0.488 e. The standard InChI is InChI=1S/C19H17NO2/c21-12-15-11-20(10-14-6-2-1-3-7-14)19-16-8-4-5-9-18(16)22-13-17(15)19/h1-9,11,21H,10,12-13H2. The van der Waals surface area contributed by atoms with Crippen molar-refractivity contribution >= 4 is 0 Å². The van der Waals surface area contributed by atoms with Crippen LogP contribution in [0.15, 0.2) is 60.8 Å². The third-order valence-corrected chi connectivity index (χ3v) is 4.15. The minimum atomic E-state index is 0.0374. The van der Waals surface area contributed by atoms with Crippen LogP contribution < -0.4 is 4.74 Å². The lowest BCUT2D eigenvalue weighted by Gasteiger charge is -2.21. The number of ether oxygens (including phenoxy) is 1. The van der Waals surface area contributed by atoms with Gasteiger partial charge < -0.3 is 14.4 Å². The van der Waals surface area contributed by atoms with Crippen molar-refractivity contribution in [3.05, 3.63) is 77.5 Å². The zero-order valence-corrected chi connectivity index (χ0v) is 12.2. The summed E-state index contributed by atoms with van der Waals surface area (Å²) < 4.78 is 8.05. The fourth-order valence-electron chi connectivity index (χ4n) is 3.11. The number of hydrogen-bond acceptors (Lipinski definition) is 2. The number of aliphatic hydroxyl groups is 1. The van der Waals surface area contributed by atoms with Crippen LogP contribution in [0.5, 0.6) is 5.75 Å². The second kappa shape index (κ2) is 5.35. The lowest BCUT2D eigenvalue weighted by Crippen LogP contribution is -2.09. The summed E-state index contributed by atoms with van der Waals surface area (Å²) in [6.45, 7) is 1.34. The molecule has 22 heavy (non-hydrogen) atoms. The molecule has 1 aliphatic rings. The molecule has 0 aliphatic carbocycles. The van der Waals surface area contributed by atoms with Gasteiger partial charge >= 0.3 is 0 Å². The van der Waals surface area contributed by atoms with Crippen molar-refractivity contribution < 1.29 is 9.84 Å². The molecule has 110 valence electrons. The molecule has 0 radical (unpaired) electrons. The van der Waals surface area contributed by atoms with Gasteiger partial charge in [0.1, 0.15) is 12.4 Å². The van der Waals surface area contributed by atoms with Crippen molar-refractivity contribution in [2.45, 2.75) is 19.8 Å². The monoisotopic (exact) mass is 291 g/mol. The number of fused-ring (bicyclic) bond motifs is 3. The van der Waals surface area contributed by atoms with E-state index in [1.807, 2.05) is 30.5 Å². The molecule has 3 nitrogen and oxygen atoms in total. The minimum absolute atomic E-state index is 0.0374. The van der Waals surface area contributed by atoms with Crippen LogP contribution in [0.4, 0.5) is 0 Å². The number of hydrogen-bond donors (Lipinski definition) is 1. The molecule has 0 bridgehead atoms. The maximum atomic E-state index is 9.65. The van der Waals surface area contributed by atoms with E-state index in [9.17, 15) is 5.11 Å². The summed E-state index contributed by atoms with van der Waals surface area (Å²) in [7, 11) is 0. The van der Waals surface area contributed by atoms with E-state index in [1.54, 1.807) is 0 Å². The number of nitrogens with zero attached hydrogens (tertiary/aromatic N) is 1. The Kier molecular flexibility index (Phi) is 3.20. The van der Waals surface area contributed by atoms with Crippen LogP contribution in [0.2, 0.25) is 0 Å². The fraction of sp³-hybridized carbons (Fsp3) is 0.158. The molecule has 3 aromatic rings. The summed E-state index contributed by atoms with van der Waals surface area (Å²) in [4.78, 5) is 0. The van der Waals surface area contributed by atoms with Gasteiger partial charge in [-0.05, 0) is 17.7 Å². The van der Waals surface area contributed by atoms with Gasteiger partial charge in [0.15, 0.2) is 0 Å². The van der Waals surface area contributed by atoms with E-state index >= 15 is 0 Å². The van der Waals surface area contributed by atoms with E-state index in [0.717, 1.165) is 34.7 Å². The fourth-order valence-corrected chi connectivity index (χ4v) is 3.11. The van der Waals surface area contributed by atoms with E-state index in [-0.39, 0.29) is 6.61 Å². The highest BCUT2D eigenvalue weighted by Gasteiger charge is 2.24. The molecule has 0 atom stereocenters. The molecule has 1 aliphatic heterocycles. The van der Waals surface area contributed by atoms with Gasteiger partial charge in [0.25, 0.3) is 0 Å². The highest BCUT2D eigenvalue weighted by molar-refractivity contribution is 5.74. The highest BCUT2D eigenvalue weighted by atomic mass is 16.5. The Morgan fingerprint density at radius 3 is 2.59 bits per heavy atom. The molecule has 0 saturated heterocycles. The predicted octanol–water partition coefficient (Wildman–Crippen LogP) is 3.59. The SMILES string of the molecule is OCc1cn(Cc2ccccc2)c2c1COc1ccccc1-2. The summed E-state index contributed by atoms with van der Waals surface area (Å²) >= 11 is 0. The van der Waals surface area contributed by atoms with Crippen molar-refractivity contribution in [1.82, 2.24) is 4.57 Å². The topological polar surface area (TPSA) is 34.4 Å². The van der Waals surface area contributed by atoms with Gasteiger partial charge in [-0.15, -0.1) is 0 Å². The van der Waals surface area contributed by atoms with E-state index in [0.29, 0.717) is 6.61 Å². The molecule has 0 amide bonds. The zero-order valence-electron chi connectivity index (χ0n) is 12.2. The number of para-hydroxylation sites is 1. The van der Waals surface area contributed by atoms with Gasteiger partial charge in [-0.25, -0.2) is 0 Å². The Morgan fingerprint density at radius 2 is 1.77 bits per heavy atom. The van der Waals surface area contributed by atoms with Crippen molar-refractivity contribution in [1.29, 1.82) is 0 Å². The van der Waals surface area contributed by atoms with Crippen LogP contribution >= 0.6 is 0 Å². The smallest absolute Gasteiger partial charge is 0.129 e. The molecule has 2 heterocycles. The quantitative estimate of drug-likeness (QED) is 0.800. The van der Waals surface area contributed by atoms with Crippen molar-refractivity contribution in [3.63, 3.8) is 0 Å². The summed E-state index contributed by atoms with van der Waals surface area (Å²) in [5, 5.41) is 9.65. The Bertz CT molecular complexity index is 806. The molecule has 2 aromatic carbocycles. The normalized spacial score (nSPS) is 12.4. The molecule has 4 rings (SSSR count). The van der Waals surface area contributed by atoms with Gasteiger partial charge in [0, 0.05) is 29.4 Å². The van der Waals surface area contributed by atoms with E-state index in [4.69, 9.17) is 4.74 Å². The van der Waals surface area contributed by atoms with Gasteiger partial charge in [-0.3, -0.25) is 0 Å². The number of aliphatic hydroxyl groups excluding tert-OH is 1. The molecule has 3 heteroatoms. The lowest BCUT2D eigenvalue weighted by molar-refractivity contribution is 0.269. The molecule has 1 N–H and O–H groups in total. The maximum Gasteiger partial charge on any atom is 0.129 e. The van der Waals surface area contributed by atoms with Crippen LogP contribution in [0.3, 0.4) is 0 Å². The first-order valence-corrected chi connectivity index (χ1v) is 7.44. The van der Waals surface area contributed by atoms with Crippen molar-refractivity contribution in [2.75, 3.05) is 0 Å². The molecular formula is C19H17NO2. The van der Waals surface area contributed by atoms with Gasteiger partial charge in [0.2, 0.25) is 0 Å². The van der Waals surface area contributed by atoms with Crippen LogP contribution in [0.1, 0.15) is 16.7 Å². The summed E-state index contributed by atoms with van der Waals surface area (Å²) in [5.74, 6) is 0.909. The van der Waals surface area contributed by atoms with Crippen molar-refractivity contribution in [3.8, 4) is 17.0 Å². The summed E-state index contributed by atoms with van der Waals surface area (Å²) in [5.41, 5.74) is 5.54. The Morgan fingerprint density at radius 1 is 1.00 bits per heavy atom. The van der Waals surface area contributed by atoms with Gasteiger partial charge in [-0.1, -0.05) is 42.5 Å². The first-order valence-electron chi connectivity index (χ1n) is 7.44. The van der Waals surface area contributed by atoms with Crippen LogP contribution in [0, 0.1) is 0 Å². The first-order chi connectivity index (χ1) is 10.9. The van der Waals surface area contributed by atoms with E-state index < -0.39 is 0 Å². The maximum absolute atomic E-state index is 9.65. The van der Waals surface area contributed by atoms with E-state index in [2.05, 4.69) is 34.9 Å². The second-order valence-corrected chi connectivity index (χ2v) is 5.54. The highest BCUT2D eigenvalue weighted by Crippen LogP contribution is 2.39. The molecule has 0 saturated carbocycles. The third-order valence-electron chi connectivity index (χ3n) is 4.15. The summed E-state index contributed by atoms with van der Waals surface area (Å²) in [6.07, 6.45) is 2.04. The van der Waals surface area contributed by atoms with Crippen LogP contribution in [-0.4, -0.2) is 9.67 Å². The average Bonchev–Trinajstić information content (AvgIpc) is 2.94. The predicted molar refractivity (Wildman–Crippen MR) is 85.7 cm³/mol. The van der Waals surface area contributed by atoms with E-state index in [1.165, 1.54) is 5.56 Å². The second-order valence-electron chi connectivity index (χ2n) is 5.54. The van der Waals surface area contributed by atoms with Gasteiger partial charge in [0.05, 0.1) is 12.3 Å². The molecule has 0 unspecified atom stereocenters.